The van der Waals surface area contributed by atoms with Gasteiger partial charge in [0.1, 0.15) is 12.2 Å². The molecule has 1 aliphatic rings. The van der Waals surface area contributed by atoms with Gasteiger partial charge in [0.2, 0.25) is 5.88 Å². The minimum atomic E-state index is 0.363. The van der Waals surface area contributed by atoms with Gasteiger partial charge in [0.15, 0.2) is 11.2 Å². The predicted molar refractivity (Wildman–Crippen MR) is 77.0 cm³/mol. The SMILES string of the molecule is COc1ncnc2c1nc(CCl)n2CC1CCN(C)C1. The Bertz CT molecular complexity index is 614. The van der Waals surface area contributed by atoms with Gasteiger partial charge in [-0.2, -0.15) is 4.98 Å². The van der Waals surface area contributed by atoms with E-state index in [1.54, 1.807) is 7.11 Å². The van der Waals surface area contributed by atoms with Gasteiger partial charge in [-0.05, 0) is 25.9 Å². The lowest BCUT2D eigenvalue weighted by Crippen LogP contribution is -2.18. The molecule has 108 valence electrons. The second kappa shape index (κ2) is 5.54. The molecule has 0 spiro atoms. The Hall–Kier alpha value is -1.40. The first-order valence-electron chi connectivity index (χ1n) is 6.71. The maximum Gasteiger partial charge on any atom is 0.245 e. The van der Waals surface area contributed by atoms with Gasteiger partial charge in [0.25, 0.3) is 0 Å². The molecule has 6 nitrogen and oxygen atoms in total. The van der Waals surface area contributed by atoms with Crippen LogP contribution >= 0.6 is 11.6 Å². The average molecular weight is 296 g/mol. The molecule has 1 unspecified atom stereocenters. The van der Waals surface area contributed by atoms with Gasteiger partial charge in [-0.25, -0.2) is 9.97 Å². The van der Waals surface area contributed by atoms with Crippen molar-refractivity contribution in [1.29, 1.82) is 0 Å². The zero-order chi connectivity index (χ0) is 14.1. The lowest BCUT2D eigenvalue weighted by molar-refractivity contribution is 0.378. The first-order chi connectivity index (χ1) is 9.72. The second-order valence-electron chi connectivity index (χ2n) is 5.24. The number of halogens is 1. The summed E-state index contributed by atoms with van der Waals surface area (Å²) < 4.78 is 7.36. The lowest BCUT2D eigenvalue weighted by atomic mass is 10.1. The molecule has 0 radical (unpaired) electrons. The van der Waals surface area contributed by atoms with Gasteiger partial charge in [-0.3, -0.25) is 0 Å². The number of hydrogen-bond acceptors (Lipinski definition) is 5. The Kier molecular flexibility index (Phi) is 3.76. The molecular weight excluding hydrogens is 278 g/mol. The van der Waals surface area contributed by atoms with Crippen molar-refractivity contribution in [3.63, 3.8) is 0 Å². The summed E-state index contributed by atoms with van der Waals surface area (Å²) >= 11 is 6.03. The molecule has 0 amide bonds. The van der Waals surface area contributed by atoms with E-state index in [9.17, 15) is 0 Å². The first-order valence-corrected chi connectivity index (χ1v) is 7.25. The highest BCUT2D eigenvalue weighted by molar-refractivity contribution is 6.16. The maximum absolute atomic E-state index is 6.03. The van der Waals surface area contributed by atoms with Crippen LogP contribution in [0.5, 0.6) is 5.88 Å². The van der Waals surface area contributed by atoms with Crippen molar-refractivity contribution in [2.45, 2.75) is 18.8 Å². The largest absolute Gasteiger partial charge is 0.479 e. The van der Waals surface area contributed by atoms with E-state index in [2.05, 4.69) is 31.5 Å². The van der Waals surface area contributed by atoms with E-state index in [0.29, 0.717) is 23.2 Å². The van der Waals surface area contributed by atoms with E-state index >= 15 is 0 Å². The number of methoxy groups -OCH3 is 1. The number of fused-ring (bicyclic) bond motifs is 1. The van der Waals surface area contributed by atoms with Crippen LogP contribution in [0.1, 0.15) is 12.2 Å². The third-order valence-electron chi connectivity index (χ3n) is 3.82. The zero-order valence-corrected chi connectivity index (χ0v) is 12.5. The summed E-state index contributed by atoms with van der Waals surface area (Å²) in [5.74, 6) is 2.31. The van der Waals surface area contributed by atoms with Crippen LogP contribution < -0.4 is 4.74 Å². The summed E-state index contributed by atoms with van der Waals surface area (Å²) in [7, 11) is 3.74. The van der Waals surface area contributed by atoms with Crippen LogP contribution in [0.2, 0.25) is 0 Å². The van der Waals surface area contributed by atoms with Crippen LogP contribution in [0.3, 0.4) is 0 Å². The van der Waals surface area contributed by atoms with Crippen molar-refractivity contribution in [2.24, 2.45) is 5.92 Å². The molecule has 3 rings (SSSR count). The number of ether oxygens (including phenoxy) is 1. The monoisotopic (exact) mass is 295 g/mol. The molecular formula is C13H18ClN5O. The van der Waals surface area contributed by atoms with Crippen molar-refractivity contribution in [3.05, 3.63) is 12.2 Å². The number of likely N-dealkylation sites (tertiary alicyclic amines) is 1. The fourth-order valence-electron chi connectivity index (χ4n) is 2.84. The second-order valence-corrected chi connectivity index (χ2v) is 5.51. The molecule has 1 atom stereocenters. The fraction of sp³-hybridized carbons (Fsp3) is 0.615. The van der Waals surface area contributed by atoms with E-state index in [0.717, 1.165) is 31.1 Å². The maximum atomic E-state index is 6.03. The molecule has 2 aromatic heterocycles. The molecule has 0 bridgehead atoms. The summed E-state index contributed by atoms with van der Waals surface area (Å²) in [6.45, 7) is 3.14. The smallest absolute Gasteiger partial charge is 0.245 e. The van der Waals surface area contributed by atoms with Crippen molar-refractivity contribution >= 4 is 22.8 Å². The van der Waals surface area contributed by atoms with Gasteiger partial charge >= 0.3 is 0 Å². The van der Waals surface area contributed by atoms with Crippen LogP contribution in [0, 0.1) is 5.92 Å². The number of aromatic nitrogens is 4. The Morgan fingerprint density at radius 2 is 2.30 bits per heavy atom. The molecule has 0 N–H and O–H groups in total. The summed E-state index contributed by atoms with van der Waals surface area (Å²) in [5.41, 5.74) is 1.50. The Labute approximate surface area is 122 Å². The van der Waals surface area contributed by atoms with Crippen LogP contribution in [-0.4, -0.2) is 51.7 Å². The number of hydrogen-bond donors (Lipinski definition) is 0. The van der Waals surface area contributed by atoms with E-state index < -0.39 is 0 Å². The molecule has 0 aliphatic carbocycles. The van der Waals surface area contributed by atoms with E-state index in [-0.39, 0.29) is 0 Å². The summed E-state index contributed by atoms with van der Waals surface area (Å²) in [6, 6.07) is 0. The summed E-state index contributed by atoms with van der Waals surface area (Å²) in [5, 5.41) is 0. The zero-order valence-electron chi connectivity index (χ0n) is 11.7. The fourth-order valence-corrected chi connectivity index (χ4v) is 3.04. The van der Waals surface area contributed by atoms with E-state index in [4.69, 9.17) is 16.3 Å². The molecule has 7 heteroatoms. The third kappa shape index (κ3) is 2.33. The number of rotatable bonds is 4. The number of imidazole rings is 1. The van der Waals surface area contributed by atoms with Crippen molar-refractivity contribution < 1.29 is 4.74 Å². The summed E-state index contributed by atoms with van der Waals surface area (Å²) in [6.07, 6.45) is 2.71. The minimum absolute atomic E-state index is 0.363. The molecule has 1 saturated heterocycles. The van der Waals surface area contributed by atoms with Gasteiger partial charge < -0.3 is 14.2 Å². The van der Waals surface area contributed by atoms with Crippen molar-refractivity contribution in [1.82, 2.24) is 24.4 Å². The normalized spacial score (nSPS) is 19.9. The van der Waals surface area contributed by atoms with Crippen molar-refractivity contribution in [3.8, 4) is 5.88 Å². The standard InChI is InChI=1S/C13H18ClN5O/c1-18-4-3-9(6-18)7-19-10(5-14)17-11-12(19)15-8-16-13(11)20-2/h8-9H,3-7H2,1-2H3. The highest BCUT2D eigenvalue weighted by Crippen LogP contribution is 2.25. The lowest BCUT2D eigenvalue weighted by Gasteiger charge is -2.13. The van der Waals surface area contributed by atoms with Crippen LogP contribution in [0.4, 0.5) is 0 Å². The minimum Gasteiger partial charge on any atom is -0.479 e. The molecule has 1 aliphatic heterocycles. The van der Waals surface area contributed by atoms with Crippen LogP contribution in [0.25, 0.3) is 11.2 Å². The van der Waals surface area contributed by atoms with Crippen LogP contribution in [-0.2, 0) is 12.4 Å². The van der Waals surface area contributed by atoms with E-state index in [1.165, 1.54) is 12.7 Å². The molecule has 2 aromatic rings. The molecule has 0 aromatic carbocycles. The van der Waals surface area contributed by atoms with Gasteiger partial charge in [-0.1, -0.05) is 0 Å². The van der Waals surface area contributed by atoms with Crippen molar-refractivity contribution in [2.75, 3.05) is 27.2 Å². The predicted octanol–water partition coefficient (Wildman–Crippen LogP) is 1.53. The molecule has 1 fully saturated rings. The average Bonchev–Trinajstić information content (AvgIpc) is 3.03. The highest BCUT2D eigenvalue weighted by atomic mass is 35.5. The number of nitrogens with zero attached hydrogens (tertiary/aromatic N) is 5. The van der Waals surface area contributed by atoms with E-state index in [1.807, 2.05) is 0 Å². The first kappa shape index (κ1) is 13.6. The van der Waals surface area contributed by atoms with Gasteiger partial charge in [0.05, 0.1) is 13.0 Å². The third-order valence-corrected chi connectivity index (χ3v) is 4.06. The molecule has 20 heavy (non-hydrogen) atoms. The Balaban J connectivity index is 2.00. The topological polar surface area (TPSA) is 56.1 Å². The Morgan fingerprint density at radius 1 is 1.45 bits per heavy atom. The number of alkyl halides is 1. The van der Waals surface area contributed by atoms with Gasteiger partial charge in [0, 0.05) is 13.1 Å². The Morgan fingerprint density at radius 3 is 2.95 bits per heavy atom. The highest BCUT2D eigenvalue weighted by Gasteiger charge is 2.23. The van der Waals surface area contributed by atoms with Crippen LogP contribution in [0.15, 0.2) is 6.33 Å². The quantitative estimate of drug-likeness (QED) is 0.801. The molecule has 3 heterocycles. The van der Waals surface area contributed by atoms with Gasteiger partial charge in [-0.15, -0.1) is 11.6 Å². The summed E-state index contributed by atoms with van der Waals surface area (Å²) in [4.78, 5) is 15.3. The molecule has 0 saturated carbocycles.